The molecule has 0 spiro atoms. The van der Waals surface area contributed by atoms with Gasteiger partial charge in [-0.15, -0.1) is 0 Å². The number of anilines is 1. The Hall–Kier alpha value is -3.28. The summed E-state index contributed by atoms with van der Waals surface area (Å²) in [5, 5.41) is 5.44. The van der Waals surface area contributed by atoms with Crippen molar-refractivity contribution in [3.05, 3.63) is 58.7 Å². The second-order valence-electron chi connectivity index (χ2n) is 6.49. The smallest absolute Gasteiger partial charge is 0.244 e. The van der Waals surface area contributed by atoms with Crippen LogP contribution in [0.5, 0.6) is 11.5 Å². The Bertz CT molecular complexity index is 895. The molecule has 0 unspecified atom stereocenters. The van der Waals surface area contributed by atoms with Crippen LogP contribution in [0.1, 0.15) is 22.3 Å². The van der Waals surface area contributed by atoms with Crippen LogP contribution in [-0.4, -0.2) is 25.2 Å². The quantitative estimate of drug-likeness (QED) is 0.797. The van der Waals surface area contributed by atoms with Crippen molar-refractivity contribution in [3.63, 3.8) is 0 Å². The number of aryl methyl sites for hydroxylation is 3. The Morgan fingerprint density at radius 3 is 2.48 bits per heavy atom. The van der Waals surface area contributed by atoms with Crippen molar-refractivity contribution in [1.82, 2.24) is 5.32 Å². The molecule has 0 aromatic heterocycles. The first-order chi connectivity index (χ1) is 12.9. The highest BCUT2D eigenvalue weighted by molar-refractivity contribution is 5.98. The summed E-state index contributed by atoms with van der Waals surface area (Å²) in [6.45, 7) is 6.01. The van der Waals surface area contributed by atoms with Gasteiger partial charge in [0.1, 0.15) is 0 Å². The predicted molar refractivity (Wildman–Crippen MR) is 104 cm³/mol. The van der Waals surface area contributed by atoms with E-state index in [-0.39, 0.29) is 25.2 Å². The second-order valence-corrected chi connectivity index (χ2v) is 6.49. The zero-order valence-corrected chi connectivity index (χ0v) is 15.6. The minimum absolute atomic E-state index is 0.100. The van der Waals surface area contributed by atoms with Gasteiger partial charge in [0.2, 0.25) is 18.6 Å². The fraction of sp³-hybridized carbons (Fsp3) is 0.238. The van der Waals surface area contributed by atoms with Crippen molar-refractivity contribution in [3.8, 4) is 11.5 Å². The molecule has 2 aromatic carbocycles. The normalized spacial score (nSPS) is 12.3. The SMILES string of the molecule is Cc1cc(C)c(NC(=O)CNC(=O)/C=C/c2ccc3c(c2)OCO3)c(C)c1. The number of carbonyl (C=O) groups excluding carboxylic acids is 2. The lowest BCUT2D eigenvalue weighted by atomic mass is 10.1. The van der Waals surface area contributed by atoms with Crippen LogP contribution in [0.2, 0.25) is 0 Å². The standard InChI is InChI=1S/C21H22N2O4/c1-13-8-14(2)21(15(3)9-13)23-20(25)11-22-19(24)7-5-16-4-6-17-18(10-16)27-12-26-17/h4-10H,11-12H2,1-3H3,(H,22,24)(H,23,25)/b7-5+. The third-order valence-corrected chi connectivity index (χ3v) is 4.19. The van der Waals surface area contributed by atoms with Crippen LogP contribution in [0.4, 0.5) is 5.69 Å². The summed E-state index contributed by atoms with van der Waals surface area (Å²) < 4.78 is 10.5. The number of benzene rings is 2. The van der Waals surface area contributed by atoms with Crippen molar-refractivity contribution in [2.45, 2.75) is 20.8 Å². The summed E-state index contributed by atoms with van der Waals surface area (Å²) in [7, 11) is 0. The summed E-state index contributed by atoms with van der Waals surface area (Å²) in [4.78, 5) is 24.1. The Morgan fingerprint density at radius 1 is 1.04 bits per heavy atom. The zero-order chi connectivity index (χ0) is 19.4. The second kappa shape index (κ2) is 7.95. The molecule has 6 nitrogen and oxygen atoms in total. The molecule has 3 rings (SSSR count). The molecule has 2 N–H and O–H groups in total. The van der Waals surface area contributed by atoms with Gasteiger partial charge in [0.15, 0.2) is 11.5 Å². The molecule has 2 amide bonds. The molecular formula is C21H22N2O4. The first-order valence-electron chi connectivity index (χ1n) is 8.65. The maximum atomic E-state index is 12.1. The van der Waals surface area contributed by atoms with E-state index >= 15 is 0 Å². The fourth-order valence-electron chi connectivity index (χ4n) is 2.98. The van der Waals surface area contributed by atoms with Crippen molar-refractivity contribution < 1.29 is 19.1 Å². The number of hydrogen-bond acceptors (Lipinski definition) is 4. The molecule has 140 valence electrons. The van der Waals surface area contributed by atoms with Gasteiger partial charge in [-0.25, -0.2) is 0 Å². The maximum absolute atomic E-state index is 12.1. The molecule has 1 heterocycles. The Kier molecular flexibility index (Phi) is 5.45. The topological polar surface area (TPSA) is 76.7 Å². The Labute approximate surface area is 158 Å². The number of rotatable bonds is 5. The van der Waals surface area contributed by atoms with Crippen LogP contribution in [0.15, 0.2) is 36.4 Å². The highest BCUT2D eigenvalue weighted by Crippen LogP contribution is 2.32. The van der Waals surface area contributed by atoms with E-state index in [1.165, 1.54) is 6.08 Å². The van der Waals surface area contributed by atoms with Crippen molar-refractivity contribution >= 4 is 23.6 Å². The van der Waals surface area contributed by atoms with Crippen LogP contribution < -0.4 is 20.1 Å². The molecule has 27 heavy (non-hydrogen) atoms. The summed E-state index contributed by atoms with van der Waals surface area (Å²) in [5.74, 6) is 0.728. The van der Waals surface area contributed by atoms with E-state index in [2.05, 4.69) is 10.6 Å². The summed E-state index contributed by atoms with van der Waals surface area (Å²) >= 11 is 0. The zero-order valence-electron chi connectivity index (χ0n) is 15.6. The molecule has 0 bridgehead atoms. The number of amides is 2. The average molecular weight is 366 g/mol. The van der Waals surface area contributed by atoms with Crippen LogP contribution in [0.3, 0.4) is 0 Å². The number of nitrogens with one attached hydrogen (secondary N) is 2. The van der Waals surface area contributed by atoms with E-state index in [9.17, 15) is 9.59 Å². The number of ether oxygens (including phenoxy) is 2. The first kappa shape index (κ1) is 18.5. The molecule has 0 saturated carbocycles. The first-order valence-corrected chi connectivity index (χ1v) is 8.65. The van der Waals surface area contributed by atoms with Crippen LogP contribution in [0.25, 0.3) is 6.08 Å². The number of carbonyl (C=O) groups is 2. The molecule has 1 aliphatic rings. The van der Waals surface area contributed by atoms with Crippen molar-refractivity contribution in [2.24, 2.45) is 0 Å². The van der Waals surface area contributed by atoms with Crippen LogP contribution in [0, 0.1) is 20.8 Å². The lowest BCUT2D eigenvalue weighted by molar-refractivity contribution is -0.121. The highest BCUT2D eigenvalue weighted by Gasteiger charge is 2.12. The minimum Gasteiger partial charge on any atom is -0.454 e. The van der Waals surface area contributed by atoms with Gasteiger partial charge >= 0.3 is 0 Å². The monoisotopic (exact) mass is 366 g/mol. The molecular weight excluding hydrogens is 344 g/mol. The van der Waals surface area contributed by atoms with Gasteiger partial charge in [-0.1, -0.05) is 23.8 Å². The van der Waals surface area contributed by atoms with E-state index in [1.54, 1.807) is 18.2 Å². The lowest BCUT2D eigenvalue weighted by Crippen LogP contribution is -2.32. The van der Waals surface area contributed by atoms with Gasteiger partial charge in [0, 0.05) is 11.8 Å². The molecule has 0 atom stereocenters. The molecule has 0 radical (unpaired) electrons. The largest absolute Gasteiger partial charge is 0.454 e. The summed E-state index contributed by atoms with van der Waals surface area (Å²) in [6.07, 6.45) is 3.04. The molecule has 1 aliphatic heterocycles. The van der Waals surface area contributed by atoms with E-state index in [4.69, 9.17) is 9.47 Å². The summed E-state index contributed by atoms with van der Waals surface area (Å²) in [6, 6.07) is 9.43. The molecule has 0 aliphatic carbocycles. The molecule has 2 aromatic rings. The van der Waals surface area contributed by atoms with Crippen LogP contribution >= 0.6 is 0 Å². The van der Waals surface area contributed by atoms with Gasteiger partial charge in [0.05, 0.1) is 6.54 Å². The van der Waals surface area contributed by atoms with Crippen LogP contribution in [-0.2, 0) is 9.59 Å². The van der Waals surface area contributed by atoms with E-state index in [0.29, 0.717) is 11.5 Å². The van der Waals surface area contributed by atoms with E-state index < -0.39 is 0 Å². The highest BCUT2D eigenvalue weighted by atomic mass is 16.7. The fourth-order valence-corrected chi connectivity index (χ4v) is 2.98. The molecule has 0 fully saturated rings. The van der Waals surface area contributed by atoms with E-state index in [1.807, 2.05) is 39.0 Å². The van der Waals surface area contributed by atoms with Gasteiger partial charge in [-0.05, 0) is 55.7 Å². The predicted octanol–water partition coefficient (Wildman–Crippen LogP) is 3.11. The van der Waals surface area contributed by atoms with Crippen molar-refractivity contribution in [2.75, 3.05) is 18.7 Å². The van der Waals surface area contributed by atoms with Gasteiger partial charge in [-0.3, -0.25) is 9.59 Å². The van der Waals surface area contributed by atoms with Gasteiger partial charge < -0.3 is 20.1 Å². The van der Waals surface area contributed by atoms with Gasteiger partial charge in [0.25, 0.3) is 0 Å². The minimum atomic E-state index is -0.347. The Balaban J connectivity index is 1.52. The number of hydrogen-bond donors (Lipinski definition) is 2. The molecule has 6 heteroatoms. The van der Waals surface area contributed by atoms with E-state index in [0.717, 1.165) is 27.9 Å². The lowest BCUT2D eigenvalue weighted by Gasteiger charge is -2.13. The maximum Gasteiger partial charge on any atom is 0.244 e. The third kappa shape index (κ3) is 4.67. The van der Waals surface area contributed by atoms with Crippen molar-refractivity contribution in [1.29, 1.82) is 0 Å². The average Bonchev–Trinajstić information content (AvgIpc) is 3.09. The number of fused-ring (bicyclic) bond motifs is 1. The summed E-state index contributed by atoms with van der Waals surface area (Å²) in [5.41, 5.74) is 4.73. The third-order valence-electron chi connectivity index (χ3n) is 4.19. The Morgan fingerprint density at radius 2 is 1.74 bits per heavy atom. The van der Waals surface area contributed by atoms with Gasteiger partial charge in [-0.2, -0.15) is 0 Å². The molecule has 0 saturated heterocycles.